The highest BCUT2D eigenvalue weighted by Gasteiger charge is 2.09. The molecule has 0 fully saturated rings. The summed E-state index contributed by atoms with van der Waals surface area (Å²) in [6, 6.07) is 29.2. The Morgan fingerprint density at radius 3 is 2.50 bits per heavy atom. The number of para-hydroxylation sites is 1. The molecular formula is C25H16N2O. The number of nitrogens with zero attached hydrogens (tertiary/aromatic N) is 1. The average molecular weight is 360 g/mol. The molecule has 3 heteroatoms. The number of rotatable bonds is 2. The number of hydrogen-bond donors (Lipinski definition) is 1. The largest absolute Gasteiger partial charge is 0.456 e. The molecule has 0 atom stereocenters. The van der Waals surface area contributed by atoms with Crippen molar-refractivity contribution in [1.29, 1.82) is 0 Å². The minimum atomic E-state index is 0.891. The van der Waals surface area contributed by atoms with Gasteiger partial charge in [0.05, 0.1) is 5.52 Å². The summed E-state index contributed by atoms with van der Waals surface area (Å²) in [6.45, 7) is 0. The van der Waals surface area contributed by atoms with Crippen LogP contribution < -0.4 is 0 Å². The standard InChI is InChI=1S/C25H16N2O/c1-2-6-24-18(4-1)15-25(28-24)19-8-10-22-20(13-19)14-23(27-22)17-7-9-21-16(12-17)5-3-11-26-21/h1-15,27H. The van der Waals surface area contributed by atoms with Crippen molar-refractivity contribution in [1.82, 2.24) is 9.97 Å². The zero-order valence-electron chi connectivity index (χ0n) is 15.0. The number of aromatic amines is 1. The number of nitrogens with one attached hydrogen (secondary N) is 1. The van der Waals surface area contributed by atoms with E-state index in [0.29, 0.717) is 0 Å². The fourth-order valence-corrected chi connectivity index (χ4v) is 3.81. The van der Waals surface area contributed by atoms with Crippen LogP contribution >= 0.6 is 0 Å². The summed E-state index contributed by atoms with van der Waals surface area (Å²) < 4.78 is 6.03. The van der Waals surface area contributed by atoms with Crippen LogP contribution in [0, 0.1) is 0 Å². The molecule has 3 aromatic carbocycles. The summed E-state index contributed by atoms with van der Waals surface area (Å²) in [5.74, 6) is 0.891. The van der Waals surface area contributed by atoms with Crippen molar-refractivity contribution in [2.45, 2.75) is 0 Å². The average Bonchev–Trinajstić information content (AvgIpc) is 3.37. The first-order chi connectivity index (χ1) is 13.8. The molecule has 3 nitrogen and oxygen atoms in total. The van der Waals surface area contributed by atoms with Gasteiger partial charge in [-0.25, -0.2) is 0 Å². The van der Waals surface area contributed by atoms with Crippen LogP contribution in [0.25, 0.3) is 55.4 Å². The second-order valence-electron chi connectivity index (χ2n) is 7.04. The number of H-pyrrole nitrogens is 1. The maximum atomic E-state index is 6.03. The molecule has 3 heterocycles. The Morgan fingerprint density at radius 1 is 0.679 bits per heavy atom. The SMILES string of the molecule is c1cnc2ccc(-c3cc4cc(-c5cc6ccccc6o5)ccc4[nH]3)cc2c1. The van der Waals surface area contributed by atoms with Gasteiger partial charge >= 0.3 is 0 Å². The van der Waals surface area contributed by atoms with Gasteiger partial charge in [0.25, 0.3) is 0 Å². The van der Waals surface area contributed by atoms with Crippen LogP contribution in [0.1, 0.15) is 0 Å². The summed E-state index contributed by atoms with van der Waals surface area (Å²) in [7, 11) is 0. The summed E-state index contributed by atoms with van der Waals surface area (Å²) in [5, 5.41) is 3.43. The number of benzene rings is 3. The molecule has 6 aromatic rings. The van der Waals surface area contributed by atoms with E-state index in [1.807, 2.05) is 30.5 Å². The Kier molecular flexibility index (Phi) is 3.17. The summed E-state index contributed by atoms with van der Waals surface area (Å²) >= 11 is 0. The van der Waals surface area contributed by atoms with Gasteiger partial charge in [-0.05, 0) is 60.2 Å². The topological polar surface area (TPSA) is 41.8 Å². The molecular weight excluding hydrogens is 344 g/mol. The van der Waals surface area contributed by atoms with Crippen molar-refractivity contribution in [2.24, 2.45) is 0 Å². The second-order valence-corrected chi connectivity index (χ2v) is 7.04. The highest BCUT2D eigenvalue weighted by molar-refractivity contribution is 5.92. The van der Waals surface area contributed by atoms with Crippen molar-refractivity contribution in [3.8, 4) is 22.6 Å². The third kappa shape index (κ3) is 2.41. The van der Waals surface area contributed by atoms with E-state index in [2.05, 4.69) is 70.6 Å². The lowest BCUT2D eigenvalue weighted by Crippen LogP contribution is -1.80. The number of pyridine rings is 1. The van der Waals surface area contributed by atoms with E-state index in [9.17, 15) is 0 Å². The number of hydrogen-bond acceptors (Lipinski definition) is 2. The lowest BCUT2D eigenvalue weighted by molar-refractivity contribution is 0.631. The molecule has 0 amide bonds. The molecule has 0 unspecified atom stereocenters. The zero-order chi connectivity index (χ0) is 18.5. The molecule has 0 saturated heterocycles. The predicted molar refractivity (Wildman–Crippen MR) is 114 cm³/mol. The van der Waals surface area contributed by atoms with Gasteiger partial charge in [0.1, 0.15) is 11.3 Å². The van der Waals surface area contributed by atoms with Crippen LogP contribution in [0.15, 0.2) is 95.5 Å². The van der Waals surface area contributed by atoms with E-state index >= 15 is 0 Å². The first-order valence-electron chi connectivity index (χ1n) is 9.30. The van der Waals surface area contributed by atoms with E-state index in [4.69, 9.17) is 4.42 Å². The van der Waals surface area contributed by atoms with Crippen molar-refractivity contribution < 1.29 is 4.42 Å². The summed E-state index contributed by atoms with van der Waals surface area (Å²) in [5.41, 5.74) is 6.37. The number of fused-ring (bicyclic) bond motifs is 3. The maximum Gasteiger partial charge on any atom is 0.135 e. The summed E-state index contributed by atoms with van der Waals surface area (Å²) in [6.07, 6.45) is 1.82. The van der Waals surface area contributed by atoms with Gasteiger partial charge in [0.15, 0.2) is 0 Å². The molecule has 0 spiro atoms. The van der Waals surface area contributed by atoms with E-state index in [-0.39, 0.29) is 0 Å². The van der Waals surface area contributed by atoms with Gasteiger partial charge < -0.3 is 9.40 Å². The van der Waals surface area contributed by atoms with Crippen molar-refractivity contribution >= 4 is 32.8 Å². The summed E-state index contributed by atoms with van der Waals surface area (Å²) in [4.78, 5) is 7.93. The Labute approximate surface area is 161 Å². The third-order valence-corrected chi connectivity index (χ3v) is 5.24. The highest BCUT2D eigenvalue weighted by Crippen LogP contribution is 2.32. The normalized spacial score (nSPS) is 11.6. The molecule has 0 aliphatic carbocycles. The van der Waals surface area contributed by atoms with Crippen LogP contribution in [-0.4, -0.2) is 9.97 Å². The fourth-order valence-electron chi connectivity index (χ4n) is 3.81. The molecule has 0 saturated carbocycles. The number of furan rings is 1. The molecule has 0 bridgehead atoms. The monoisotopic (exact) mass is 360 g/mol. The van der Waals surface area contributed by atoms with E-state index in [1.54, 1.807) is 0 Å². The van der Waals surface area contributed by atoms with E-state index < -0.39 is 0 Å². The first kappa shape index (κ1) is 15.2. The molecule has 6 rings (SSSR count). The minimum absolute atomic E-state index is 0.891. The van der Waals surface area contributed by atoms with Crippen LogP contribution in [0.2, 0.25) is 0 Å². The van der Waals surface area contributed by atoms with E-state index in [0.717, 1.165) is 50.0 Å². The maximum absolute atomic E-state index is 6.03. The fraction of sp³-hybridized carbons (Fsp3) is 0. The van der Waals surface area contributed by atoms with Gasteiger partial charge in [-0.2, -0.15) is 0 Å². The molecule has 0 radical (unpaired) electrons. The Morgan fingerprint density at radius 2 is 1.54 bits per heavy atom. The highest BCUT2D eigenvalue weighted by atomic mass is 16.3. The van der Waals surface area contributed by atoms with Crippen LogP contribution in [0.4, 0.5) is 0 Å². The molecule has 132 valence electrons. The molecule has 0 aliphatic rings. The zero-order valence-corrected chi connectivity index (χ0v) is 15.0. The van der Waals surface area contributed by atoms with Gasteiger partial charge in [-0.15, -0.1) is 0 Å². The van der Waals surface area contributed by atoms with Crippen molar-refractivity contribution in [3.63, 3.8) is 0 Å². The quantitative estimate of drug-likeness (QED) is 0.369. The van der Waals surface area contributed by atoms with Gasteiger partial charge in [-0.3, -0.25) is 4.98 Å². The Bertz CT molecular complexity index is 1440. The smallest absolute Gasteiger partial charge is 0.135 e. The lowest BCUT2D eigenvalue weighted by Gasteiger charge is -2.00. The van der Waals surface area contributed by atoms with Gasteiger partial charge in [-0.1, -0.05) is 30.3 Å². The van der Waals surface area contributed by atoms with Crippen LogP contribution in [-0.2, 0) is 0 Å². The lowest BCUT2D eigenvalue weighted by atomic mass is 10.1. The van der Waals surface area contributed by atoms with Crippen LogP contribution in [0.5, 0.6) is 0 Å². The van der Waals surface area contributed by atoms with Crippen molar-refractivity contribution in [3.05, 3.63) is 91.1 Å². The number of aromatic nitrogens is 2. The van der Waals surface area contributed by atoms with E-state index in [1.165, 1.54) is 5.39 Å². The van der Waals surface area contributed by atoms with Gasteiger partial charge in [0.2, 0.25) is 0 Å². The molecule has 0 aliphatic heterocycles. The minimum Gasteiger partial charge on any atom is -0.456 e. The van der Waals surface area contributed by atoms with Crippen molar-refractivity contribution in [2.75, 3.05) is 0 Å². The molecule has 3 aromatic heterocycles. The second kappa shape index (κ2) is 5.83. The Hall–Kier alpha value is -3.85. The first-order valence-corrected chi connectivity index (χ1v) is 9.30. The molecule has 28 heavy (non-hydrogen) atoms. The Balaban J connectivity index is 1.45. The molecule has 1 N–H and O–H groups in total. The van der Waals surface area contributed by atoms with Gasteiger partial charge in [0, 0.05) is 39.1 Å². The van der Waals surface area contributed by atoms with Crippen LogP contribution in [0.3, 0.4) is 0 Å². The predicted octanol–water partition coefficient (Wildman–Crippen LogP) is 6.80. The third-order valence-electron chi connectivity index (χ3n) is 5.24.